The van der Waals surface area contributed by atoms with E-state index in [1.165, 1.54) is 7.11 Å². The van der Waals surface area contributed by atoms with Crippen LogP contribution in [0.5, 0.6) is 0 Å². The molecule has 0 spiro atoms. The molecule has 1 fully saturated rings. The highest BCUT2D eigenvalue weighted by Gasteiger charge is 2.42. The van der Waals surface area contributed by atoms with E-state index in [1.807, 2.05) is 0 Å². The molecule has 0 bridgehead atoms. The van der Waals surface area contributed by atoms with E-state index in [4.69, 9.17) is 4.74 Å². The largest absolute Gasteiger partial charge is 0.374 e. The molecule has 1 heterocycles. The molecule has 0 radical (unpaired) electrons. The van der Waals surface area contributed by atoms with Crippen LogP contribution in [0.2, 0.25) is 0 Å². The first-order valence-corrected chi connectivity index (χ1v) is 6.15. The molecule has 1 aromatic carbocycles. The van der Waals surface area contributed by atoms with Crippen LogP contribution < -0.4 is 5.32 Å². The van der Waals surface area contributed by atoms with Crippen molar-refractivity contribution in [3.05, 3.63) is 35.1 Å². The van der Waals surface area contributed by atoms with Crippen molar-refractivity contribution in [1.82, 2.24) is 5.32 Å². The van der Waals surface area contributed by atoms with Crippen molar-refractivity contribution in [2.24, 2.45) is 0 Å². The minimum Gasteiger partial charge on any atom is -0.374 e. The molecule has 1 aliphatic rings. The van der Waals surface area contributed by atoms with Crippen LogP contribution in [0, 0.1) is 17.5 Å². The van der Waals surface area contributed by atoms with E-state index < -0.39 is 28.7 Å². The second-order valence-electron chi connectivity index (χ2n) is 3.77. The Morgan fingerprint density at radius 1 is 1.39 bits per heavy atom. The summed E-state index contributed by atoms with van der Waals surface area (Å²) in [6.07, 6.45) is 0. The molecule has 2 rings (SSSR count). The molecule has 2 unspecified atom stereocenters. The first-order valence-electron chi connectivity index (χ1n) is 5.10. The number of β-lactam (4-membered cyclic amide) rings is 1. The molecule has 2 atom stereocenters. The second kappa shape index (κ2) is 5.19. The fourth-order valence-corrected chi connectivity index (χ4v) is 2.63. The van der Waals surface area contributed by atoms with E-state index in [2.05, 4.69) is 5.32 Å². The van der Waals surface area contributed by atoms with Gasteiger partial charge in [-0.05, 0) is 6.07 Å². The van der Waals surface area contributed by atoms with Crippen molar-refractivity contribution >= 4 is 17.7 Å². The Kier molecular flexibility index (Phi) is 3.82. The predicted octanol–water partition coefficient (Wildman–Crippen LogP) is 1.98. The summed E-state index contributed by atoms with van der Waals surface area (Å²) in [6.45, 7) is 0. The van der Waals surface area contributed by atoms with E-state index >= 15 is 0 Å². The molecule has 7 heteroatoms. The van der Waals surface area contributed by atoms with Crippen molar-refractivity contribution in [2.75, 3.05) is 13.0 Å². The Hall–Kier alpha value is -1.21. The van der Waals surface area contributed by atoms with Gasteiger partial charge in [0, 0.05) is 18.7 Å². The third-order valence-corrected chi connectivity index (χ3v) is 3.80. The number of methoxy groups -OCH3 is 1. The van der Waals surface area contributed by atoms with Crippen LogP contribution in [0.1, 0.15) is 11.6 Å². The lowest BCUT2D eigenvalue weighted by Crippen LogP contribution is -2.54. The van der Waals surface area contributed by atoms with Gasteiger partial charge in [0.2, 0.25) is 5.91 Å². The predicted molar refractivity (Wildman–Crippen MR) is 60.5 cm³/mol. The monoisotopic (exact) mass is 277 g/mol. The molecule has 0 aromatic heterocycles. The first-order chi connectivity index (χ1) is 8.54. The average molecular weight is 277 g/mol. The summed E-state index contributed by atoms with van der Waals surface area (Å²) < 4.78 is 44.5. The second-order valence-corrected chi connectivity index (χ2v) is 4.85. The van der Waals surface area contributed by atoms with Crippen LogP contribution in [-0.2, 0) is 9.53 Å². The maximum atomic E-state index is 13.5. The van der Waals surface area contributed by atoms with E-state index in [0.717, 1.165) is 17.8 Å². The molecule has 1 aromatic rings. The van der Waals surface area contributed by atoms with Gasteiger partial charge in [0.05, 0.1) is 12.0 Å². The highest BCUT2D eigenvalue weighted by atomic mass is 32.2. The maximum absolute atomic E-state index is 13.5. The van der Waals surface area contributed by atoms with E-state index in [-0.39, 0.29) is 17.4 Å². The fraction of sp³-hybridized carbons (Fsp3) is 0.364. The SMILES string of the molecule is COCSC1C(=O)NC1c1cc(F)cc(F)c1F. The normalized spacial score (nSPS) is 22.6. The molecule has 1 N–H and O–H groups in total. The van der Waals surface area contributed by atoms with Gasteiger partial charge in [0.15, 0.2) is 11.6 Å². The molecule has 1 aliphatic heterocycles. The maximum Gasteiger partial charge on any atom is 0.236 e. The van der Waals surface area contributed by atoms with Crippen LogP contribution in [-0.4, -0.2) is 24.2 Å². The lowest BCUT2D eigenvalue weighted by molar-refractivity contribution is -0.127. The number of ether oxygens (including phenoxy) is 1. The minimum absolute atomic E-state index is 0.180. The van der Waals surface area contributed by atoms with E-state index in [1.54, 1.807) is 0 Å². The molecule has 0 saturated carbocycles. The number of halogens is 3. The van der Waals surface area contributed by atoms with Gasteiger partial charge in [-0.1, -0.05) is 0 Å². The Morgan fingerprint density at radius 3 is 2.72 bits per heavy atom. The number of thioether (sulfide) groups is 1. The third kappa shape index (κ3) is 2.32. The lowest BCUT2D eigenvalue weighted by atomic mass is 9.96. The summed E-state index contributed by atoms with van der Waals surface area (Å²) >= 11 is 1.15. The zero-order valence-corrected chi connectivity index (χ0v) is 10.2. The zero-order chi connectivity index (χ0) is 13.3. The first kappa shape index (κ1) is 13.2. The Balaban J connectivity index is 2.24. The van der Waals surface area contributed by atoms with Crippen LogP contribution in [0.25, 0.3) is 0 Å². The number of rotatable bonds is 4. The van der Waals surface area contributed by atoms with Crippen LogP contribution in [0.3, 0.4) is 0 Å². The van der Waals surface area contributed by atoms with Crippen molar-refractivity contribution in [2.45, 2.75) is 11.3 Å². The van der Waals surface area contributed by atoms with Gasteiger partial charge < -0.3 is 10.1 Å². The number of hydrogen-bond donors (Lipinski definition) is 1. The van der Waals surface area contributed by atoms with Gasteiger partial charge in [0.1, 0.15) is 11.1 Å². The van der Waals surface area contributed by atoms with Gasteiger partial charge in [-0.15, -0.1) is 11.8 Å². The van der Waals surface area contributed by atoms with Gasteiger partial charge in [-0.2, -0.15) is 0 Å². The number of amides is 1. The van der Waals surface area contributed by atoms with Gasteiger partial charge in [0.25, 0.3) is 0 Å². The summed E-state index contributed by atoms with van der Waals surface area (Å²) in [4.78, 5) is 11.3. The summed E-state index contributed by atoms with van der Waals surface area (Å²) in [7, 11) is 1.46. The topological polar surface area (TPSA) is 38.3 Å². The summed E-state index contributed by atoms with van der Waals surface area (Å²) in [5.41, 5.74) is -0.180. The molecule has 18 heavy (non-hydrogen) atoms. The molecule has 98 valence electrons. The third-order valence-electron chi connectivity index (χ3n) is 2.58. The highest BCUT2D eigenvalue weighted by molar-refractivity contribution is 8.00. The number of hydrogen-bond acceptors (Lipinski definition) is 3. The lowest BCUT2D eigenvalue weighted by Gasteiger charge is -2.36. The van der Waals surface area contributed by atoms with Crippen LogP contribution >= 0.6 is 11.8 Å². The van der Waals surface area contributed by atoms with E-state index in [0.29, 0.717) is 6.07 Å². The van der Waals surface area contributed by atoms with Crippen molar-refractivity contribution in [1.29, 1.82) is 0 Å². The number of carbonyl (C=O) groups is 1. The zero-order valence-electron chi connectivity index (χ0n) is 9.38. The number of nitrogens with one attached hydrogen (secondary N) is 1. The fourth-order valence-electron chi connectivity index (χ4n) is 1.72. The van der Waals surface area contributed by atoms with Gasteiger partial charge in [-0.3, -0.25) is 4.79 Å². The molecule has 0 aliphatic carbocycles. The summed E-state index contributed by atoms with van der Waals surface area (Å²) in [5, 5.41) is 1.83. The van der Waals surface area contributed by atoms with Gasteiger partial charge >= 0.3 is 0 Å². The molecular formula is C11H10F3NO2S. The molecule has 1 saturated heterocycles. The summed E-state index contributed by atoms with van der Waals surface area (Å²) in [5.74, 6) is -3.33. The number of benzene rings is 1. The van der Waals surface area contributed by atoms with Crippen molar-refractivity contribution in [3.63, 3.8) is 0 Å². The highest BCUT2D eigenvalue weighted by Crippen LogP contribution is 2.36. The molecular weight excluding hydrogens is 267 g/mol. The smallest absolute Gasteiger partial charge is 0.236 e. The van der Waals surface area contributed by atoms with Crippen molar-refractivity contribution in [3.8, 4) is 0 Å². The molecule has 3 nitrogen and oxygen atoms in total. The summed E-state index contributed by atoms with van der Waals surface area (Å²) in [6, 6.07) is 0.627. The van der Waals surface area contributed by atoms with Crippen LogP contribution in [0.15, 0.2) is 12.1 Å². The molecule has 1 amide bonds. The minimum atomic E-state index is -1.26. The average Bonchev–Trinajstić information content (AvgIpc) is 2.31. The standard InChI is InChI=1S/C11H10F3NO2S/c1-17-4-18-10-9(15-11(10)16)6-2-5(12)3-7(13)8(6)14/h2-3,9-10H,4H2,1H3,(H,15,16). The quantitative estimate of drug-likeness (QED) is 0.519. The Labute approximate surface area is 106 Å². The Bertz CT molecular complexity index is 484. The van der Waals surface area contributed by atoms with Gasteiger partial charge in [-0.25, -0.2) is 13.2 Å². The van der Waals surface area contributed by atoms with Crippen LogP contribution in [0.4, 0.5) is 13.2 Å². The van der Waals surface area contributed by atoms with E-state index in [9.17, 15) is 18.0 Å². The Morgan fingerprint density at radius 2 is 2.11 bits per heavy atom. The van der Waals surface area contributed by atoms with Crippen molar-refractivity contribution < 1.29 is 22.7 Å². The number of carbonyl (C=O) groups excluding carboxylic acids is 1.